The second-order valence-corrected chi connectivity index (χ2v) is 7.98. The molecule has 1 aromatic heterocycles. The number of nitrogens with zero attached hydrogens (tertiary/aromatic N) is 2. The summed E-state index contributed by atoms with van der Waals surface area (Å²) < 4.78 is 2.14. The largest absolute Gasteiger partial charge is 0.347 e. The zero-order chi connectivity index (χ0) is 20.9. The summed E-state index contributed by atoms with van der Waals surface area (Å²) in [5, 5.41) is 3.56. The van der Waals surface area contributed by atoms with Crippen molar-refractivity contribution in [1.82, 2.24) is 14.9 Å². The first kappa shape index (κ1) is 20.0. The summed E-state index contributed by atoms with van der Waals surface area (Å²) in [5.41, 5.74) is 2.51. The first-order valence-electron chi connectivity index (χ1n) is 9.63. The third-order valence-corrected chi connectivity index (χ3v) is 5.41. The number of aromatic nitrogens is 2. The van der Waals surface area contributed by atoms with Gasteiger partial charge in [-0.05, 0) is 35.7 Å². The number of fused-ring (bicyclic) bond motifs is 1. The molecule has 0 aliphatic heterocycles. The Labute approximate surface area is 182 Å². The van der Waals surface area contributed by atoms with Crippen molar-refractivity contribution in [2.24, 2.45) is 0 Å². The minimum Gasteiger partial charge on any atom is -0.347 e. The van der Waals surface area contributed by atoms with Crippen LogP contribution in [0.3, 0.4) is 0 Å². The number of nitrogens with one attached hydrogen (secondary N) is 1. The lowest BCUT2D eigenvalue weighted by atomic mass is 9.99. The van der Waals surface area contributed by atoms with Gasteiger partial charge in [0.15, 0.2) is 0 Å². The first-order chi connectivity index (χ1) is 14.6. The predicted molar refractivity (Wildman–Crippen MR) is 121 cm³/mol. The summed E-state index contributed by atoms with van der Waals surface area (Å²) >= 11 is 3.38. The number of hydrogen-bond acceptors (Lipinski definition) is 3. The Morgan fingerprint density at radius 3 is 2.43 bits per heavy atom. The lowest BCUT2D eigenvalue weighted by Gasteiger charge is -2.20. The normalized spacial score (nSPS) is 11.9. The molecule has 4 aromatic rings. The van der Waals surface area contributed by atoms with Crippen molar-refractivity contribution in [2.45, 2.75) is 19.0 Å². The molecule has 0 radical (unpaired) electrons. The van der Waals surface area contributed by atoms with Gasteiger partial charge in [0.1, 0.15) is 6.54 Å². The molecule has 30 heavy (non-hydrogen) atoms. The van der Waals surface area contributed by atoms with Crippen LogP contribution in [0.4, 0.5) is 0 Å². The molecular weight excluding hydrogens is 442 g/mol. The van der Waals surface area contributed by atoms with Crippen LogP contribution in [0.25, 0.3) is 10.9 Å². The van der Waals surface area contributed by atoms with Gasteiger partial charge in [-0.1, -0.05) is 76.6 Å². The zero-order valence-electron chi connectivity index (χ0n) is 16.2. The topological polar surface area (TPSA) is 64.0 Å². The molecule has 4 rings (SSSR count). The van der Waals surface area contributed by atoms with Crippen molar-refractivity contribution in [1.29, 1.82) is 0 Å². The fourth-order valence-electron chi connectivity index (χ4n) is 3.43. The maximum atomic E-state index is 12.8. The van der Waals surface area contributed by atoms with Gasteiger partial charge in [0.25, 0.3) is 5.56 Å². The van der Waals surface area contributed by atoms with Crippen LogP contribution in [0.15, 0.2) is 94.5 Å². The highest BCUT2D eigenvalue weighted by Gasteiger charge is 2.16. The average Bonchev–Trinajstić information content (AvgIpc) is 2.77. The van der Waals surface area contributed by atoms with Crippen LogP contribution in [0.2, 0.25) is 0 Å². The number of amides is 1. The van der Waals surface area contributed by atoms with Crippen molar-refractivity contribution in [3.05, 3.63) is 111 Å². The Morgan fingerprint density at radius 1 is 1.00 bits per heavy atom. The Morgan fingerprint density at radius 2 is 1.70 bits per heavy atom. The zero-order valence-corrected chi connectivity index (χ0v) is 17.7. The van der Waals surface area contributed by atoms with Gasteiger partial charge in [-0.3, -0.25) is 14.2 Å². The summed E-state index contributed by atoms with van der Waals surface area (Å²) in [6.07, 6.45) is 2.08. The summed E-state index contributed by atoms with van der Waals surface area (Å²) in [7, 11) is 0. The van der Waals surface area contributed by atoms with E-state index in [0.29, 0.717) is 17.3 Å². The van der Waals surface area contributed by atoms with E-state index in [-0.39, 0.29) is 24.1 Å². The highest BCUT2D eigenvalue weighted by molar-refractivity contribution is 9.10. The van der Waals surface area contributed by atoms with Crippen LogP contribution in [-0.2, 0) is 17.8 Å². The highest BCUT2D eigenvalue weighted by atomic mass is 79.9. The maximum absolute atomic E-state index is 12.8. The smallest absolute Gasteiger partial charge is 0.261 e. The van der Waals surface area contributed by atoms with Crippen LogP contribution < -0.4 is 10.9 Å². The summed E-state index contributed by atoms with van der Waals surface area (Å²) in [6, 6.07) is 25.0. The SMILES string of the molecule is O=C(Cn1cnc2ccc(Br)cc2c1=O)NC(Cc1ccccc1)c1ccccc1. The van der Waals surface area contributed by atoms with E-state index in [1.54, 1.807) is 12.1 Å². The van der Waals surface area contributed by atoms with Crippen LogP contribution in [0.1, 0.15) is 17.2 Å². The summed E-state index contributed by atoms with van der Waals surface area (Å²) in [4.78, 5) is 29.9. The van der Waals surface area contributed by atoms with Gasteiger partial charge in [0.2, 0.25) is 5.91 Å². The maximum Gasteiger partial charge on any atom is 0.261 e. The van der Waals surface area contributed by atoms with Gasteiger partial charge < -0.3 is 5.32 Å². The van der Waals surface area contributed by atoms with Crippen molar-refractivity contribution in [3.8, 4) is 0 Å². The predicted octanol–water partition coefficient (Wildman–Crippen LogP) is 4.26. The van der Waals surface area contributed by atoms with E-state index < -0.39 is 0 Å². The van der Waals surface area contributed by atoms with E-state index in [9.17, 15) is 9.59 Å². The molecule has 1 amide bonds. The fraction of sp³-hybridized carbons (Fsp3) is 0.125. The molecule has 0 bridgehead atoms. The fourth-order valence-corrected chi connectivity index (χ4v) is 3.79. The Hall–Kier alpha value is -3.25. The third-order valence-electron chi connectivity index (χ3n) is 4.92. The molecule has 3 aromatic carbocycles. The molecule has 0 aliphatic carbocycles. The van der Waals surface area contributed by atoms with Crippen LogP contribution in [0, 0.1) is 0 Å². The van der Waals surface area contributed by atoms with Crippen LogP contribution in [0.5, 0.6) is 0 Å². The molecule has 6 heteroatoms. The molecule has 5 nitrogen and oxygen atoms in total. The molecule has 0 aliphatic rings. The molecule has 0 fully saturated rings. The molecular formula is C24H20BrN3O2. The van der Waals surface area contributed by atoms with E-state index in [1.165, 1.54) is 10.9 Å². The molecule has 0 spiro atoms. The second kappa shape index (κ2) is 9.05. The molecule has 0 saturated heterocycles. The third kappa shape index (κ3) is 4.66. The Kier molecular flexibility index (Phi) is 6.05. The first-order valence-corrected chi connectivity index (χ1v) is 10.4. The standard InChI is InChI=1S/C24H20BrN3O2/c25-19-11-12-21-20(14-19)24(30)28(16-26-21)15-23(29)27-22(18-9-5-2-6-10-18)13-17-7-3-1-4-8-17/h1-12,14,16,22H,13,15H2,(H,27,29). The van der Waals surface area contributed by atoms with E-state index in [1.807, 2.05) is 66.7 Å². The second-order valence-electron chi connectivity index (χ2n) is 7.06. The van der Waals surface area contributed by atoms with Gasteiger partial charge in [-0.2, -0.15) is 0 Å². The van der Waals surface area contributed by atoms with Crippen molar-refractivity contribution in [2.75, 3.05) is 0 Å². The quantitative estimate of drug-likeness (QED) is 0.466. The van der Waals surface area contributed by atoms with Gasteiger partial charge in [0, 0.05) is 4.47 Å². The molecule has 1 heterocycles. The van der Waals surface area contributed by atoms with Gasteiger partial charge in [0.05, 0.1) is 23.3 Å². The number of carbonyl (C=O) groups excluding carboxylic acids is 1. The lowest BCUT2D eigenvalue weighted by molar-refractivity contribution is -0.122. The van der Waals surface area contributed by atoms with Crippen molar-refractivity contribution < 1.29 is 4.79 Å². The number of rotatable bonds is 6. The number of benzene rings is 3. The number of halogens is 1. The van der Waals surface area contributed by atoms with Gasteiger partial charge >= 0.3 is 0 Å². The number of carbonyl (C=O) groups is 1. The van der Waals surface area contributed by atoms with Crippen LogP contribution >= 0.6 is 15.9 Å². The van der Waals surface area contributed by atoms with E-state index >= 15 is 0 Å². The molecule has 1 unspecified atom stereocenters. The van der Waals surface area contributed by atoms with Gasteiger partial charge in [-0.15, -0.1) is 0 Å². The van der Waals surface area contributed by atoms with Crippen LogP contribution in [-0.4, -0.2) is 15.5 Å². The minimum atomic E-state index is -0.240. The van der Waals surface area contributed by atoms with Crippen molar-refractivity contribution >= 4 is 32.7 Å². The van der Waals surface area contributed by atoms with Crippen molar-refractivity contribution in [3.63, 3.8) is 0 Å². The number of hydrogen-bond donors (Lipinski definition) is 1. The van der Waals surface area contributed by atoms with E-state index in [2.05, 4.69) is 26.2 Å². The monoisotopic (exact) mass is 461 g/mol. The molecule has 1 N–H and O–H groups in total. The molecule has 0 saturated carbocycles. The summed E-state index contributed by atoms with van der Waals surface area (Å²) in [6.45, 7) is -0.0909. The average molecular weight is 462 g/mol. The van der Waals surface area contributed by atoms with Gasteiger partial charge in [-0.25, -0.2) is 4.98 Å². The van der Waals surface area contributed by atoms with E-state index in [4.69, 9.17) is 0 Å². The highest BCUT2D eigenvalue weighted by Crippen LogP contribution is 2.19. The summed E-state index contributed by atoms with van der Waals surface area (Å²) in [5.74, 6) is -0.238. The Bertz CT molecular complexity index is 1220. The lowest BCUT2D eigenvalue weighted by Crippen LogP contribution is -2.35. The van der Waals surface area contributed by atoms with E-state index in [0.717, 1.165) is 15.6 Å². The minimum absolute atomic E-state index is 0.0909. The Balaban J connectivity index is 1.56. The molecule has 150 valence electrons. The molecule has 1 atom stereocenters.